The third-order valence-electron chi connectivity index (χ3n) is 3.18. The number of nitrogens with one attached hydrogen (secondary N) is 1. The molecule has 102 valence electrons. The predicted molar refractivity (Wildman–Crippen MR) is 77.8 cm³/mol. The van der Waals surface area contributed by atoms with Crippen LogP contribution in [0.15, 0.2) is 42.7 Å². The van der Waals surface area contributed by atoms with Crippen molar-refractivity contribution in [2.45, 2.75) is 12.6 Å². The summed E-state index contributed by atoms with van der Waals surface area (Å²) in [5.74, 6) is 1.06. The Morgan fingerprint density at radius 2 is 2.00 bits per heavy atom. The van der Waals surface area contributed by atoms with Crippen LogP contribution in [-0.4, -0.2) is 35.1 Å². The molecule has 4 heteroatoms. The number of benzene rings is 1. The number of aromatic nitrogens is 2. The van der Waals surface area contributed by atoms with Crippen LogP contribution in [0, 0.1) is 0 Å². The Morgan fingerprint density at radius 1 is 1.26 bits per heavy atom. The molecule has 1 N–H and O–H groups in total. The fraction of sp³-hybridized carbons (Fsp3) is 0.400. The van der Waals surface area contributed by atoms with Gasteiger partial charge in [-0.05, 0) is 19.7 Å². The van der Waals surface area contributed by atoms with Crippen molar-refractivity contribution in [1.29, 1.82) is 0 Å². The summed E-state index contributed by atoms with van der Waals surface area (Å²) >= 11 is 0. The van der Waals surface area contributed by atoms with Crippen LogP contribution >= 0.6 is 0 Å². The fourth-order valence-electron chi connectivity index (χ4n) is 2.12. The van der Waals surface area contributed by atoms with Crippen LogP contribution in [0.2, 0.25) is 0 Å². The molecule has 0 aliphatic heterocycles. The van der Waals surface area contributed by atoms with E-state index in [4.69, 9.17) is 0 Å². The van der Waals surface area contributed by atoms with E-state index in [0.29, 0.717) is 6.04 Å². The standard InChI is InChI=1S/C15H22N4/c1-18(2)12-14(13-7-5-4-6-8-13)17-11-15-16-9-10-19(15)3/h4-10,14,17H,11-12H2,1-3H3. The van der Waals surface area contributed by atoms with Crippen molar-refractivity contribution in [3.63, 3.8) is 0 Å². The molecule has 0 aliphatic carbocycles. The summed E-state index contributed by atoms with van der Waals surface area (Å²) in [7, 11) is 6.21. The van der Waals surface area contributed by atoms with Crippen molar-refractivity contribution in [3.05, 3.63) is 54.1 Å². The van der Waals surface area contributed by atoms with Gasteiger partial charge in [0.05, 0.1) is 6.54 Å². The highest BCUT2D eigenvalue weighted by Gasteiger charge is 2.12. The molecule has 0 aliphatic rings. The molecular formula is C15H22N4. The lowest BCUT2D eigenvalue weighted by molar-refractivity contribution is 0.338. The lowest BCUT2D eigenvalue weighted by Crippen LogP contribution is -2.31. The molecular weight excluding hydrogens is 236 g/mol. The minimum Gasteiger partial charge on any atom is -0.337 e. The van der Waals surface area contributed by atoms with E-state index in [-0.39, 0.29) is 0 Å². The van der Waals surface area contributed by atoms with Gasteiger partial charge in [0.25, 0.3) is 0 Å². The smallest absolute Gasteiger partial charge is 0.122 e. The van der Waals surface area contributed by atoms with E-state index >= 15 is 0 Å². The second-order valence-corrected chi connectivity index (χ2v) is 5.06. The maximum atomic E-state index is 4.35. The molecule has 1 aromatic carbocycles. The summed E-state index contributed by atoms with van der Waals surface area (Å²) < 4.78 is 2.05. The Balaban J connectivity index is 2.04. The molecule has 4 nitrogen and oxygen atoms in total. The summed E-state index contributed by atoms with van der Waals surface area (Å²) in [5.41, 5.74) is 1.31. The zero-order valence-electron chi connectivity index (χ0n) is 11.9. The lowest BCUT2D eigenvalue weighted by atomic mass is 10.1. The Kier molecular flexibility index (Phi) is 4.71. The lowest BCUT2D eigenvalue weighted by Gasteiger charge is -2.22. The summed E-state index contributed by atoms with van der Waals surface area (Å²) in [6.45, 7) is 1.74. The van der Waals surface area contributed by atoms with E-state index in [2.05, 4.69) is 59.6 Å². The van der Waals surface area contributed by atoms with Crippen molar-refractivity contribution < 1.29 is 0 Å². The van der Waals surface area contributed by atoms with Crippen molar-refractivity contribution in [3.8, 4) is 0 Å². The van der Waals surface area contributed by atoms with Crippen LogP contribution in [0.5, 0.6) is 0 Å². The van der Waals surface area contributed by atoms with E-state index in [1.807, 2.05) is 24.0 Å². The maximum absolute atomic E-state index is 4.35. The van der Waals surface area contributed by atoms with Crippen molar-refractivity contribution >= 4 is 0 Å². The predicted octanol–water partition coefficient (Wildman–Crippen LogP) is 1.81. The average Bonchev–Trinajstić information content (AvgIpc) is 2.81. The third kappa shape index (κ3) is 3.91. The van der Waals surface area contributed by atoms with Gasteiger partial charge in [-0.25, -0.2) is 4.98 Å². The third-order valence-corrected chi connectivity index (χ3v) is 3.18. The molecule has 1 atom stereocenters. The van der Waals surface area contributed by atoms with Gasteiger partial charge in [0.15, 0.2) is 0 Å². The first-order valence-electron chi connectivity index (χ1n) is 6.56. The number of rotatable bonds is 6. The number of hydrogen-bond donors (Lipinski definition) is 1. The van der Waals surface area contributed by atoms with E-state index in [0.717, 1.165) is 18.9 Å². The molecule has 0 saturated heterocycles. The summed E-state index contributed by atoms with van der Waals surface area (Å²) in [5, 5.41) is 3.59. The Hall–Kier alpha value is -1.65. The molecule has 19 heavy (non-hydrogen) atoms. The van der Waals surface area contributed by atoms with E-state index in [1.54, 1.807) is 0 Å². The molecule has 1 heterocycles. The van der Waals surface area contributed by atoms with E-state index < -0.39 is 0 Å². The zero-order chi connectivity index (χ0) is 13.7. The van der Waals surface area contributed by atoms with Gasteiger partial charge in [0.2, 0.25) is 0 Å². The number of imidazole rings is 1. The monoisotopic (exact) mass is 258 g/mol. The molecule has 0 saturated carbocycles. The first-order valence-corrected chi connectivity index (χ1v) is 6.56. The molecule has 0 spiro atoms. The van der Waals surface area contributed by atoms with Crippen molar-refractivity contribution in [2.24, 2.45) is 7.05 Å². The summed E-state index contributed by atoms with van der Waals surface area (Å²) in [4.78, 5) is 6.54. The van der Waals surface area contributed by atoms with Gasteiger partial charge in [-0.2, -0.15) is 0 Å². The largest absolute Gasteiger partial charge is 0.337 e. The average molecular weight is 258 g/mol. The normalized spacial score (nSPS) is 12.8. The number of hydrogen-bond acceptors (Lipinski definition) is 3. The van der Waals surface area contributed by atoms with Crippen molar-refractivity contribution in [2.75, 3.05) is 20.6 Å². The van der Waals surface area contributed by atoms with Crippen LogP contribution in [0.25, 0.3) is 0 Å². The summed E-state index contributed by atoms with van der Waals surface area (Å²) in [6.07, 6.45) is 3.81. The molecule has 1 unspecified atom stereocenters. The molecule has 2 aromatic rings. The molecule has 0 amide bonds. The number of aryl methyl sites for hydroxylation is 1. The first-order chi connectivity index (χ1) is 9.16. The van der Waals surface area contributed by atoms with Gasteiger partial charge in [-0.15, -0.1) is 0 Å². The summed E-state index contributed by atoms with van der Waals surface area (Å²) in [6, 6.07) is 10.9. The van der Waals surface area contributed by atoms with E-state index in [1.165, 1.54) is 5.56 Å². The highest BCUT2D eigenvalue weighted by molar-refractivity contribution is 5.19. The van der Waals surface area contributed by atoms with Crippen LogP contribution in [-0.2, 0) is 13.6 Å². The van der Waals surface area contributed by atoms with E-state index in [9.17, 15) is 0 Å². The van der Waals surface area contributed by atoms with Gasteiger partial charge < -0.3 is 14.8 Å². The van der Waals surface area contributed by atoms with Crippen LogP contribution in [0.4, 0.5) is 0 Å². The fourth-order valence-corrected chi connectivity index (χ4v) is 2.12. The SMILES string of the molecule is CN(C)CC(NCc1nccn1C)c1ccccc1. The number of nitrogens with zero attached hydrogens (tertiary/aromatic N) is 3. The van der Waals surface area contributed by atoms with Crippen LogP contribution in [0.3, 0.4) is 0 Å². The Labute approximate surface area is 115 Å². The van der Waals surface area contributed by atoms with Crippen LogP contribution in [0.1, 0.15) is 17.4 Å². The Bertz CT molecular complexity index is 490. The van der Waals surface area contributed by atoms with Crippen molar-refractivity contribution in [1.82, 2.24) is 19.8 Å². The first kappa shape index (κ1) is 13.8. The molecule has 0 radical (unpaired) electrons. The Morgan fingerprint density at radius 3 is 2.58 bits per heavy atom. The van der Waals surface area contributed by atoms with Gasteiger partial charge in [0.1, 0.15) is 5.82 Å². The maximum Gasteiger partial charge on any atom is 0.122 e. The second-order valence-electron chi connectivity index (χ2n) is 5.06. The molecule has 0 fully saturated rings. The zero-order valence-corrected chi connectivity index (χ0v) is 11.9. The highest BCUT2D eigenvalue weighted by Crippen LogP contribution is 2.13. The second kappa shape index (κ2) is 6.50. The van der Waals surface area contributed by atoms with Gasteiger partial charge >= 0.3 is 0 Å². The number of likely N-dealkylation sites (N-methyl/N-ethyl adjacent to an activating group) is 1. The van der Waals surface area contributed by atoms with Gasteiger partial charge in [-0.3, -0.25) is 0 Å². The minimum absolute atomic E-state index is 0.313. The molecule has 2 rings (SSSR count). The molecule has 1 aromatic heterocycles. The minimum atomic E-state index is 0.313. The topological polar surface area (TPSA) is 33.1 Å². The van der Waals surface area contributed by atoms with Crippen LogP contribution < -0.4 is 5.32 Å². The highest BCUT2D eigenvalue weighted by atomic mass is 15.1. The quantitative estimate of drug-likeness (QED) is 0.858. The van der Waals surface area contributed by atoms with Gasteiger partial charge in [-0.1, -0.05) is 30.3 Å². The van der Waals surface area contributed by atoms with Gasteiger partial charge in [0, 0.05) is 32.0 Å². The molecule has 0 bridgehead atoms.